The van der Waals surface area contributed by atoms with Gasteiger partial charge in [0.1, 0.15) is 0 Å². The number of benzene rings is 1. The molecule has 1 heterocycles. The van der Waals surface area contributed by atoms with E-state index in [-0.39, 0.29) is 30.9 Å². The molecule has 0 aromatic heterocycles. The molecule has 1 aliphatic heterocycles. The number of nitrogens with zero attached hydrogens (tertiary/aromatic N) is 1. The zero-order valence-electron chi connectivity index (χ0n) is 11.4. The smallest absolute Gasteiger partial charge is 0.0642 e. The third-order valence-corrected chi connectivity index (χ3v) is 3.91. The van der Waals surface area contributed by atoms with Crippen LogP contribution in [0.3, 0.4) is 0 Å². The second-order valence-corrected chi connectivity index (χ2v) is 5.44. The lowest BCUT2D eigenvalue weighted by Crippen LogP contribution is -2.37. The summed E-state index contributed by atoms with van der Waals surface area (Å²) in [5, 5.41) is 0.827. The fourth-order valence-corrected chi connectivity index (χ4v) is 2.79. The predicted molar refractivity (Wildman–Crippen MR) is 89.2 cm³/mol. The van der Waals surface area contributed by atoms with Gasteiger partial charge < -0.3 is 10.6 Å². The average molecular weight is 326 g/mol. The molecule has 1 aromatic rings. The number of hydrogen-bond acceptors (Lipinski definition) is 2. The summed E-state index contributed by atoms with van der Waals surface area (Å²) >= 11 is 6.37. The van der Waals surface area contributed by atoms with Gasteiger partial charge in [0, 0.05) is 18.6 Å². The maximum absolute atomic E-state index is 6.37. The summed E-state index contributed by atoms with van der Waals surface area (Å²) in [5.41, 5.74) is 8.12. The van der Waals surface area contributed by atoms with Gasteiger partial charge >= 0.3 is 0 Å². The van der Waals surface area contributed by atoms with Crippen molar-refractivity contribution in [3.05, 3.63) is 28.8 Å². The van der Waals surface area contributed by atoms with Crippen molar-refractivity contribution < 1.29 is 0 Å². The van der Waals surface area contributed by atoms with Crippen LogP contribution in [-0.2, 0) is 0 Å². The predicted octanol–water partition coefficient (Wildman–Crippen LogP) is 4.58. The Morgan fingerprint density at radius 2 is 2.00 bits per heavy atom. The van der Waals surface area contributed by atoms with Crippen LogP contribution in [0.25, 0.3) is 0 Å². The Hall–Kier alpha value is -0.150. The van der Waals surface area contributed by atoms with Crippen molar-refractivity contribution in [2.45, 2.75) is 45.2 Å². The first kappa shape index (κ1) is 18.9. The summed E-state index contributed by atoms with van der Waals surface area (Å²) in [6.07, 6.45) is 3.84. The zero-order chi connectivity index (χ0) is 12.4. The van der Waals surface area contributed by atoms with E-state index in [1.165, 1.54) is 19.3 Å². The van der Waals surface area contributed by atoms with E-state index in [0.717, 1.165) is 22.8 Å². The summed E-state index contributed by atoms with van der Waals surface area (Å²) < 4.78 is 0. The molecule has 0 aliphatic carbocycles. The Morgan fingerprint density at radius 1 is 1.32 bits per heavy atom. The molecule has 19 heavy (non-hydrogen) atoms. The molecule has 0 spiro atoms. The van der Waals surface area contributed by atoms with Crippen molar-refractivity contribution in [1.82, 2.24) is 0 Å². The Balaban J connectivity index is 0.00000162. The molecule has 0 amide bonds. The van der Waals surface area contributed by atoms with Crippen LogP contribution in [0.1, 0.15) is 44.7 Å². The highest BCUT2D eigenvalue weighted by Gasteiger charge is 2.20. The third-order valence-electron chi connectivity index (χ3n) is 3.61. The number of anilines is 1. The fraction of sp³-hybridized carbons (Fsp3) is 0.571. The SMILES string of the molecule is CC(N)c1ccc(N2CCCCC2C)c(Cl)c1.Cl.Cl. The Labute approximate surface area is 133 Å². The fourth-order valence-electron chi connectivity index (χ4n) is 2.50. The highest BCUT2D eigenvalue weighted by molar-refractivity contribution is 6.33. The van der Waals surface area contributed by atoms with Crippen LogP contribution in [0.15, 0.2) is 18.2 Å². The standard InChI is InChI=1S/C14H21ClN2.2ClH/c1-10-5-3-4-8-17(10)14-7-6-12(11(2)16)9-13(14)15;;/h6-7,9-11H,3-5,8,16H2,1-2H3;2*1H. The third kappa shape index (κ3) is 4.42. The second kappa shape index (κ2) is 8.21. The van der Waals surface area contributed by atoms with E-state index < -0.39 is 0 Å². The Bertz CT molecular complexity index is 396. The number of nitrogens with two attached hydrogens (primary N) is 1. The van der Waals surface area contributed by atoms with Crippen LogP contribution in [-0.4, -0.2) is 12.6 Å². The van der Waals surface area contributed by atoms with Crippen molar-refractivity contribution in [3.63, 3.8) is 0 Å². The summed E-state index contributed by atoms with van der Waals surface area (Å²) in [5.74, 6) is 0. The van der Waals surface area contributed by atoms with Gasteiger partial charge in [-0.3, -0.25) is 0 Å². The normalized spacial score (nSPS) is 20.2. The molecule has 2 rings (SSSR count). The van der Waals surface area contributed by atoms with E-state index in [2.05, 4.69) is 24.0 Å². The van der Waals surface area contributed by atoms with Crippen molar-refractivity contribution in [2.24, 2.45) is 5.73 Å². The van der Waals surface area contributed by atoms with Crippen LogP contribution < -0.4 is 10.6 Å². The molecule has 0 bridgehead atoms. The topological polar surface area (TPSA) is 29.3 Å². The lowest BCUT2D eigenvalue weighted by atomic mass is 10.0. The first-order chi connectivity index (χ1) is 8.09. The van der Waals surface area contributed by atoms with E-state index in [0.29, 0.717) is 6.04 Å². The molecule has 1 aromatic carbocycles. The highest BCUT2D eigenvalue weighted by atomic mass is 35.5. The summed E-state index contributed by atoms with van der Waals surface area (Å²) in [7, 11) is 0. The lowest BCUT2D eigenvalue weighted by molar-refractivity contribution is 0.485. The molecule has 1 fully saturated rings. The average Bonchev–Trinajstić information content (AvgIpc) is 2.30. The monoisotopic (exact) mass is 324 g/mol. The van der Waals surface area contributed by atoms with Gasteiger partial charge in [-0.2, -0.15) is 0 Å². The number of rotatable bonds is 2. The first-order valence-corrected chi connectivity index (χ1v) is 6.79. The van der Waals surface area contributed by atoms with Crippen LogP contribution in [0.2, 0.25) is 5.02 Å². The molecule has 1 saturated heterocycles. The molecule has 0 saturated carbocycles. The van der Waals surface area contributed by atoms with Crippen LogP contribution in [0.5, 0.6) is 0 Å². The van der Waals surface area contributed by atoms with E-state index in [1.54, 1.807) is 0 Å². The Morgan fingerprint density at radius 3 is 2.53 bits per heavy atom. The van der Waals surface area contributed by atoms with Crippen LogP contribution in [0, 0.1) is 0 Å². The quantitative estimate of drug-likeness (QED) is 0.862. The number of piperidine rings is 1. The minimum Gasteiger partial charge on any atom is -0.368 e. The maximum Gasteiger partial charge on any atom is 0.0642 e. The largest absolute Gasteiger partial charge is 0.368 e. The summed E-state index contributed by atoms with van der Waals surface area (Å²) in [6.45, 7) is 5.36. The van der Waals surface area contributed by atoms with Crippen molar-refractivity contribution in [2.75, 3.05) is 11.4 Å². The van der Waals surface area contributed by atoms with Crippen LogP contribution in [0.4, 0.5) is 5.69 Å². The Kier molecular flexibility index (Phi) is 8.14. The van der Waals surface area contributed by atoms with Gasteiger partial charge in [0.05, 0.1) is 10.7 Å². The van der Waals surface area contributed by atoms with Crippen molar-refractivity contribution >= 4 is 42.1 Å². The van der Waals surface area contributed by atoms with E-state index in [9.17, 15) is 0 Å². The number of halogens is 3. The van der Waals surface area contributed by atoms with Crippen molar-refractivity contribution in [1.29, 1.82) is 0 Å². The number of hydrogen-bond donors (Lipinski definition) is 1. The minimum atomic E-state index is 0. The maximum atomic E-state index is 6.37. The van der Waals surface area contributed by atoms with Gasteiger partial charge in [0.15, 0.2) is 0 Å². The van der Waals surface area contributed by atoms with E-state index in [4.69, 9.17) is 17.3 Å². The van der Waals surface area contributed by atoms with Gasteiger partial charge in [0.25, 0.3) is 0 Å². The highest BCUT2D eigenvalue weighted by Crippen LogP contribution is 2.32. The first-order valence-electron chi connectivity index (χ1n) is 6.41. The van der Waals surface area contributed by atoms with E-state index >= 15 is 0 Å². The van der Waals surface area contributed by atoms with Crippen molar-refractivity contribution in [3.8, 4) is 0 Å². The van der Waals surface area contributed by atoms with Gasteiger partial charge in [-0.15, -0.1) is 24.8 Å². The minimum absolute atomic E-state index is 0. The van der Waals surface area contributed by atoms with Gasteiger partial charge in [0.2, 0.25) is 0 Å². The van der Waals surface area contributed by atoms with Gasteiger partial charge in [-0.05, 0) is 50.8 Å². The molecule has 2 nitrogen and oxygen atoms in total. The molecule has 110 valence electrons. The molecule has 1 aliphatic rings. The lowest BCUT2D eigenvalue weighted by Gasteiger charge is -2.36. The molecule has 2 unspecified atom stereocenters. The van der Waals surface area contributed by atoms with Gasteiger partial charge in [-0.25, -0.2) is 0 Å². The molecular formula is C14H23Cl3N2. The summed E-state index contributed by atoms with van der Waals surface area (Å²) in [6, 6.07) is 6.83. The summed E-state index contributed by atoms with van der Waals surface area (Å²) in [4.78, 5) is 2.41. The molecule has 2 atom stereocenters. The molecule has 5 heteroatoms. The second-order valence-electron chi connectivity index (χ2n) is 5.04. The zero-order valence-corrected chi connectivity index (χ0v) is 13.8. The molecule has 2 N–H and O–H groups in total. The molecular weight excluding hydrogens is 303 g/mol. The molecule has 0 radical (unpaired) electrons. The van der Waals surface area contributed by atoms with Gasteiger partial charge in [-0.1, -0.05) is 17.7 Å². The van der Waals surface area contributed by atoms with Crippen LogP contribution >= 0.6 is 36.4 Å². The van der Waals surface area contributed by atoms with E-state index in [1.807, 2.05) is 13.0 Å².